The van der Waals surface area contributed by atoms with Crippen molar-refractivity contribution in [2.24, 2.45) is 0 Å². The number of aryl methyl sites for hydroxylation is 1. The van der Waals surface area contributed by atoms with Crippen molar-refractivity contribution < 1.29 is 4.79 Å². The van der Waals surface area contributed by atoms with Crippen LogP contribution in [0.3, 0.4) is 0 Å². The van der Waals surface area contributed by atoms with Crippen LogP contribution in [-0.2, 0) is 10.3 Å². The molecule has 3 rings (SSSR count). The molecule has 2 aromatic rings. The Bertz CT molecular complexity index is 593. The number of carbonyl (C=O) groups excluding carboxylic acids is 1. The molecule has 1 aliphatic rings. The molecule has 1 amide bonds. The smallest absolute Gasteiger partial charge is 0.254 e. The van der Waals surface area contributed by atoms with E-state index in [-0.39, 0.29) is 18.3 Å². The minimum atomic E-state index is -0.645. The van der Waals surface area contributed by atoms with E-state index in [4.69, 9.17) is 0 Å². The van der Waals surface area contributed by atoms with E-state index in [9.17, 15) is 4.79 Å². The van der Waals surface area contributed by atoms with E-state index in [2.05, 4.69) is 25.9 Å². The average molecular weight is 329 g/mol. The minimum Gasteiger partial charge on any atom is -0.317 e. The lowest BCUT2D eigenvalue weighted by atomic mass is 9.87. The molecule has 21 heavy (non-hydrogen) atoms. The van der Waals surface area contributed by atoms with E-state index >= 15 is 0 Å². The second-order valence-electron chi connectivity index (χ2n) is 4.81. The van der Waals surface area contributed by atoms with E-state index < -0.39 is 5.54 Å². The molecule has 2 N–H and O–H groups in total. The van der Waals surface area contributed by atoms with Gasteiger partial charge in [0.15, 0.2) is 0 Å². The summed E-state index contributed by atoms with van der Waals surface area (Å²) >= 11 is 1.38. The van der Waals surface area contributed by atoms with Crippen molar-refractivity contribution in [3.05, 3.63) is 23.5 Å². The van der Waals surface area contributed by atoms with Crippen LogP contribution in [0.4, 0.5) is 5.13 Å². The Hall–Kier alpha value is -1.51. The molecule has 3 heterocycles. The first-order valence-corrected chi connectivity index (χ1v) is 7.35. The maximum atomic E-state index is 12.7. The minimum absolute atomic E-state index is 0. The zero-order valence-electron chi connectivity index (χ0n) is 11.6. The Morgan fingerprint density at radius 3 is 2.76 bits per heavy atom. The average Bonchev–Trinajstić information content (AvgIpc) is 3.11. The third kappa shape index (κ3) is 3.07. The summed E-state index contributed by atoms with van der Waals surface area (Å²) in [6.07, 6.45) is 4.96. The summed E-state index contributed by atoms with van der Waals surface area (Å²) in [5, 5.41) is 19.7. The topological polar surface area (TPSA) is 84.7 Å². The summed E-state index contributed by atoms with van der Waals surface area (Å²) in [5.74, 6) is -0.0705. The largest absolute Gasteiger partial charge is 0.317 e. The molecule has 1 aliphatic heterocycles. The van der Waals surface area contributed by atoms with E-state index in [1.165, 1.54) is 11.3 Å². The van der Waals surface area contributed by atoms with Crippen LogP contribution >= 0.6 is 23.7 Å². The molecule has 1 fully saturated rings. The standard InChI is InChI=1S/C12H16N6OS.ClH/c1-9-16-17-11(20-9)15-10(19)12(3-6-13-7-4-12)18-8-2-5-14-18;/h2,5,8,13H,3-4,6-7H2,1H3,(H,15,17,19);1H. The van der Waals surface area contributed by atoms with Crippen LogP contribution in [0.25, 0.3) is 0 Å². The van der Waals surface area contributed by atoms with Gasteiger partial charge in [-0.2, -0.15) is 5.10 Å². The van der Waals surface area contributed by atoms with Crippen LogP contribution in [-0.4, -0.2) is 39.0 Å². The number of halogens is 1. The van der Waals surface area contributed by atoms with E-state index in [0.717, 1.165) is 18.1 Å². The van der Waals surface area contributed by atoms with Gasteiger partial charge in [0.25, 0.3) is 5.91 Å². The Morgan fingerprint density at radius 2 is 2.19 bits per heavy atom. The number of aromatic nitrogens is 4. The number of anilines is 1. The van der Waals surface area contributed by atoms with Gasteiger partial charge in [0, 0.05) is 12.4 Å². The molecule has 7 nitrogen and oxygen atoms in total. The molecule has 0 bridgehead atoms. The van der Waals surface area contributed by atoms with Crippen molar-refractivity contribution in [1.82, 2.24) is 25.3 Å². The number of amides is 1. The van der Waals surface area contributed by atoms with Crippen molar-refractivity contribution in [1.29, 1.82) is 0 Å². The number of nitrogens with one attached hydrogen (secondary N) is 2. The Morgan fingerprint density at radius 1 is 1.43 bits per heavy atom. The van der Waals surface area contributed by atoms with Gasteiger partial charge in [0.05, 0.1) is 0 Å². The van der Waals surface area contributed by atoms with Crippen LogP contribution in [0.1, 0.15) is 17.8 Å². The molecule has 114 valence electrons. The molecule has 9 heteroatoms. The third-order valence-corrected chi connectivity index (χ3v) is 4.30. The molecular weight excluding hydrogens is 312 g/mol. The summed E-state index contributed by atoms with van der Waals surface area (Å²) in [4.78, 5) is 12.7. The molecule has 0 aromatic carbocycles. The normalized spacial score (nSPS) is 17.0. The summed E-state index contributed by atoms with van der Waals surface area (Å²) in [6.45, 7) is 3.45. The van der Waals surface area contributed by atoms with Gasteiger partial charge in [0.2, 0.25) is 5.13 Å². The second-order valence-corrected chi connectivity index (χ2v) is 5.99. The van der Waals surface area contributed by atoms with Crippen molar-refractivity contribution >= 4 is 34.8 Å². The number of rotatable bonds is 3. The first kappa shape index (κ1) is 15.9. The monoisotopic (exact) mass is 328 g/mol. The first-order chi connectivity index (χ1) is 9.71. The van der Waals surface area contributed by atoms with E-state index in [1.807, 2.05) is 19.2 Å². The predicted molar refractivity (Wildman–Crippen MR) is 82.8 cm³/mol. The van der Waals surface area contributed by atoms with Crippen molar-refractivity contribution in [3.8, 4) is 0 Å². The highest BCUT2D eigenvalue weighted by atomic mass is 35.5. The SMILES string of the molecule is Cc1nnc(NC(=O)C2(n3cccn3)CCNCC2)s1.Cl. The lowest BCUT2D eigenvalue weighted by Gasteiger charge is -2.36. The Labute approximate surface area is 132 Å². The van der Waals surface area contributed by atoms with Crippen LogP contribution < -0.4 is 10.6 Å². The molecule has 0 saturated carbocycles. The summed E-state index contributed by atoms with van der Waals surface area (Å²) < 4.78 is 1.76. The summed E-state index contributed by atoms with van der Waals surface area (Å²) in [6, 6.07) is 1.84. The fraction of sp³-hybridized carbons (Fsp3) is 0.500. The Balaban J connectivity index is 0.00000161. The summed E-state index contributed by atoms with van der Waals surface area (Å²) in [7, 11) is 0. The highest BCUT2D eigenvalue weighted by molar-refractivity contribution is 7.15. The number of carbonyl (C=O) groups is 1. The van der Waals surface area contributed by atoms with Crippen LogP contribution in [0.5, 0.6) is 0 Å². The van der Waals surface area contributed by atoms with Gasteiger partial charge < -0.3 is 5.32 Å². The van der Waals surface area contributed by atoms with E-state index in [1.54, 1.807) is 10.9 Å². The fourth-order valence-corrected chi connectivity index (χ4v) is 3.07. The predicted octanol–water partition coefficient (Wildman–Crippen LogP) is 1.18. The first-order valence-electron chi connectivity index (χ1n) is 6.53. The van der Waals surface area contributed by atoms with Gasteiger partial charge in [-0.3, -0.25) is 14.8 Å². The second kappa shape index (κ2) is 6.50. The molecule has 0 unspecified atom stereocenters. The molecule has 0 atom stereocenters. The maximum Gasteiger partial charge on any atom is 0.254 e. The molecular formula is C12H17ClN6OS. The lowest BCUT2D eigenvalue weighted by molar-refractivity contribution is -0.126. The Kier molecular flexibility index (Phi) is 4.92. The zero-order chi connectivity index (χ0) is 14.0. The van der Waals surface area contributed by atoms with Gasteiger partial charge in [-0.1, -0.05) is 11.3 Å². The fourth-order valence-electron chi connectivity index (χ4n) is 2.48. The van der Waals surface area contributed by atoms with Crippen LogP contribution in [0.2, 0.25) is 0 Å². The highest BCUT2D eigenvalue weighted by Gasteiger charge is 2.42. The number of hydrogen-bond donors (Lipinski definition) is 2. The van der Waals surface area contributed by atoms with Crippen molar-refractivity contribution in [2.75, 3.05) is 18.4 Å². The lowest BCUT2D eigenvalue weighted by Crippen LogP contribution is -2.52. The van der Waals surface area contributed by atoms with Gasteiger partial charge in [-0.05, 0) is 38.9 Å². The van der Waals surface area contributed by atoms with Crippen molar-refractivity contribution in [3.63, 3.8) is 0 Å². The van der Waals surface area contributed by atoms with Gasteiger partial charge >= 0.3 is 0 Å². The van der Waals surface area contributed by atoms with Gasteiger partial charge in [0.1, 0.15) is 10.5 Å². The number of hydrogen-bond acceptors (Lipinski definition) is 6. The van der Waals surface area contributed by atoms with Gasteiger partial charge in [-0.25, -0.2) is 0 Å². The number of piperidine rings is 1. The van der Waals surface area contributed by atoms with E-state index in [0.29, 0.717) is 18.0 Å². The highest BCUT2D eigenvalue weighted by Crippen LogP contribution is 2.29. The maximum absolute atomic E-state index is 12.7. The molecule has 0 spiro atoms. The number of nitrogens with zero attached hydrogens (tertiary/aromatic N) is 4. The molecule has 0 radical (unpaired) electrons. The quantitative estimate of drug-likeness (QED) is 0.884. The van der Waals surface area contributed by atoms with Crippen LogP contribution in [0.15, 0.2) is 18.5 Å². The molecule has 0 aliphatic carbocycles. The van der Waals surface area contributed by atoms with Crippen LogP contribution in [0, 0.1) is 6.92 Å². The summed E-state index contributed by atoms with van der Waals surface area (Å²) in [5.41, 5.74) is -0.645. The van der Waals surface area contributed by atoms with Crippen molar-refractivity contribution in [2.45, 2.75) is 25.3 Å². The molecule has 1 saturated heterocycles. The third-order valence-electron chi connectivity index (χ3n) is 3.54. The molecule has 2 aromatic heterocycles. The zero-order valence-corrected chi connectivity index (χ0v) is 13.2. The van der Waals surface area contributed by atoms with Gasteiger partial charge in [-0.15, -0.1) is 22.6 Å².